The van der Waals surface area contributed by atoms with Crippen LogP contribution in [-0.2, 0) is 24.4 Å². The van der Waals surface area contributed by atoms with Crippen molar-refractivity contribution in [3.63, 3.8) is 0 Å². The number of hydrogen-bond acceptors (Lipinski definition) is 8. The Kier molecular flexibility index (Phi) is 8.72. The van der Waals surface area contributed by atoms with Gasteiger partial charge in [-0.05, 0) is 46.3 Å². The zero-order valence-electron chi connectivity index (χ0n) is 21.3. The van der Waals surface area contributed by atoms with Crippen molar-refractivity contribution in [3.05, 3.63) is 40.3 Å². The Hall–Kier alpha value is -2.68. The molecule has 3 N–H and O–H groups in total. The molecular weight excluding hydrogens is 576 g/mol. The minimum Gasteiger partial charge on any atom is -0.465 e. The van der Waals surface area contributed by atoms with Gasteiger partial charge in [-0.3, -0.25) is 0 Å². The van der Waals surface area contributed by atoms with Crippen molar-refractivity contribution in [2.24, 2.45) is 0 Å². The molecule has 1 aromatic carbocycles. The first kappa shape index (κ1) is 27.4. The molecule has 0 bridgehead atoms. The van der Waals surface area contributed by atoms with Gasteiger partial charge in [0.2, 0.25) is 5.95 Å². The number of ether oxygens (including phenoxy) is 1. The highest BCUT2D eigenvalue weighted by atomic mass is 79.9. The van der Waals surface area contributed by atoms with E-state index >= 15 is 0 Å². The molecule has 0 atom stereocenters. The summed E-state index contributed by atoms with van der Waals surface area (Å²) in [4.78, 5) is 25.0. The zero-order chi connectivity index (χ0) is 26.6. The van der Waals surface area contributed by atoms with Crippen molar-refractivity contribution < 1.29 is 14.6 Å². The number of carbonyl (C=O) groups is 1. The highest BCUT2D eigenvalue weighted by Crippen LogP contribution is 2.24. The molecule has 1 amide bonds. The normalized spacial score (nSPS) is 11.9. The van der Waals surface area contributed by atoms with Gasteiger partial charge in [0.05, 0.1) is 28.2 Å². The second-order valence-electron chi connectivity index (χ2n) is 9.69. The van der Waals surface area contributed by atoms with Crippen LogP contribution < -0.4 is 10.6 Å². The largest absolute Gasteiger partial charge is 0.465 e. The van der Waals surface area contributed by atoms with E-state index in [1.165, 1.54) is 11.8 Å². The monoisotopic (exact) mass is 606 g/mol. The third-order valence-corrected chi connectivity index (χ3v) is 8.53. The second-order valence-corrected chi connectivity index (χ2v) is 16.9. The summed E-state index contributed by atoms with van der Waals surface area (Å²) in [7, 11) is -1.22. The topological polar surface area (TPSA) is 131 Å². The van der Waals surface area contributed by atoms with Gasteiger partial charge in [-0.1, -0.05) is 43.5 Å². The number of para-hydroxylation sites is 1. The summed E-state index contributed by atoms with van der Waals surface area (Å²) in [6.45, 7) is 8.74. The summed E-state index contributed by atoms with van der Waals surface area (Å²) in [5, 5.41) is 19.8. The van der Waals surface area contributed by atoms with Crippen molar-refractivity contribution in [2.75, 3.05) is 24.7 Å². The molecule has 0 spiro atoms. The smallest absolute Gasteiger partial charge is 0.404 e. The molecule has 0 saturated carbocycles. The molecule has 0 aliphatic rings. The van der Waals surface area contributed by atoms with Crippen LogP contribution in [0.5, 0.6) is 0 Å². The van der Waals surface area contributed by atoms with Crippen LogP contribution in [0.1, 0.15) is 11.4 Å². The Balaban J connectivity index is 1.63. The van der Waals surface area contributed by atoms with Crippen LogP contribution >= 0.6 is 27.7 Å². The van der Waals surface area contributed by atoms with E-state index in [2.05, 4.69) is 65.8 Å². The van der Waals surface area contributed by atoms with Crippen molar-refractivity contribution in [1.29, 1.82) is 0 Å². The van der Waals surface area contributed by atoms with Gasteiger partial charge < -0.3 is 25.0 Å². The van der Waals surface area contributed by atoms with Gasteiger partial charge in [-0.25, -0.2) is 14.8 Å². The number of rotatable bonds is 12. The lowest BCUT2D eigenvalue weighted by atomic mass is 10.1. The number of amides is 1. The molecule has 3 heterocycles. The first-order chi connectivity index (χ1) is 17.7. The van der Waals surface area contributed by atoms with Gasteiger partial charge >= 0.3 is 6.09 Å². The van der Waals surface area contributed by atoms with Crippen LogP contribution in [0.25, 0.3) is 16.7 Å². The highest BCUT2D eigenvalue weighted by molar-refractivity contribution is 9.10. The number of thioether (sulfide) groups is 1. The number of nitrogens with zero attached hydrogens (tertiary/aromatic N) is 6. The van der Waals surface area contributed by atoms with Crippen LogP contribution in [-0.4, -0.2) is 67.8 Å². The van der Waals surface area contributed by atoms with E-state index in [-0.39, 0.29) is 0 Å². The van der Waals surface area contributed by atoms with Gasteiger partial charge in [0.25, 0.3) is 0 Å². The van der Waals surface area contributed by atoms with Crippen LogP contribution in [0.3, 0.4) is 0 Å². The fourth-order valence-electron chi connectivity index (χ4n) is 3.77. The average Bonchev–Trinajstić information content (AvgIpc) is 3.40. The first-order valence-corrected chi connectivity index (χ1v) is 17.6. The maximum atomic E-state index is 10.9. The van der Waals surface area contributed by atoms with E-state index in [4.69, 9.17) is 14.8 Å². The Morgan fingerprint density at radius 2 is 2.05 bits per heavy atom. The molecule has 0 aliphatic carbocycles. The molecular formula is C23H31BrN8O3SSi. The van der Waals surface area contributed by atoms with Crippen LogP contribution in [0.4, 0.5) is 10.7 Å². The minimum atomic E-state index is -1.22. The van der Waals surface area contributed by atoms with Crippen LogP contribution in [0.15, 0.2) is 34.0 Å². The number of aromatic nitrogens is 6. The fourth-order valence-corrected chi connectivity index (χ4v) is 5.23. The summed E-state index contributed by atoms with van der Waals surface area (Å²) in [6, 6.07) is 7.04. The van der Waals surface area contributed by atoms with Crippen molar-refractivity contribution in [3.8, 4) is 0 Å². The van der Waals surface area contributed by atoms with Crippen molar-refractivity contribution >= 4 is 64.5 Å². The third kappa shape index (κ3) is 6.80. The molecule has 198 valence electrons. The van der Waals surface area contributed by atoms with E-state index in [9.17, 15) is 4.79 Å². The molecule has 37 heavy (non-hydrogen) atoms. The number of nitrogens with one attached hydrogen (secondary N) is 2. The molecule has 0 saturated heterocycles. The van der Waals surface area contributed by atoms with Crippen LogP contribution in [0.2, 0.25) is 25.7 Å². The standard InChI is InChI=1S/C23H31BrN8O3SSi/c1-36-22-29-20-16(24)12-27-32(20)21(30-22)26-13-18-28-19-15(8-9-25-23(33)34)6-5-7-17(19)31(18)14-35-10-11-37(2,3)4/h5-7,12,25H,8-11,13-14H2,1-4H3,(H,33,34)(H,26,29,30). The second kappa shape index (κ2) is 11.8. The molecule has 0 aliphatic heterocycles. The van der Waals surface area contributed by atoms with Crippen molar-refractivity contribution in [1.82, 2.24) is 34.4 Å². The fraction of sp³-hybridized carbons (Fsp3) is 0.435. The molecule has 14 heteroatoms. The van der Waals surface area contributed by atoms with Gasteiger partial charge in [0, 0.05) is 21.2 Å². The Morgan fingerprint density at radius 3 is 2.78 bits per heavy atom. The molecule has 0 radical (unpaired) electrons. The van der Waals surface area contributed by atoms with Gasteiger partial charge in [-0.15, -0.1) is 0 Å². The Morgan fingerprint density at radius 1 is 1.24 bits per heavy atom. The zero-order valence-corrected chi connectivity index (χ0v) is 24.7. The molecule has 0 unspecified atom stereocenters. The first-order valence-electron chi connectivity index (χ1n) is 11.9. The maximum absolute atomic E-state index is 10.9. The summed E-state index contributed by atoms with van der Waals surface area (Å²) in [5.41, 5.74) is 3.42. The third-order valence-electron chi connectivity index (χ3n) is 5.72. The lowest BCUT2D eigenvalue weighted by Crippen LogP contribution is -2.23. The number of anilines is 1. The van der Waals surface area contributed by atoms with E-state index in [0.29, 0.717) is 49.6 Å². The number of carboxylic acid groups (broad SMARTS) is 1. The Labute approximate surface area is 228 Å². The van der Waals surface area contributed by atoms with E-state index in [1.807, 2.05) is 24.5 Å². The predicted molar refractivity (Wildman–Crippen MR) is 151 cm³/mol. The summed E-state index contributed by atoms with van der Waals surface area (Å²) in [6.07, 6.45) is 3.12. The van der Waals surface area contributed by atoms with E-state index < -0.39 is 14.2 Å². The summed E-state index contributed by atoms with van der Waals surface area (Å²) < 4.78 is 10.6. The molecule has 3 aromatic heterocycles. The number of fused-ring (bicyclic) bond motifs is 2. The lowest BCUT2D eigenvalue weighted by Gasteiger charge is -2.16. The highest BCUT2D eigenvalue weighted by Gasteiger charge is 2.17. The molecule has 11 nitrogen and oxygen atoms in total. The number of halogens is 1. The van der Waals surface area contributed by atoms with Crippen LogP contribution in [0, 0.1) is 0 Å². The number of hydrogen-bond donors (Lipinski definition) is 3. The minimum absolute atomic E-state index is 0.312. The predicted octanol–water partition coefficient (Wildman–Crippen LogP) is 4.69. The summed E-state index contributed by atoms with van der Waals surface area (Å²) in [5.74, 6) is 1.34. The Bertz CT molecular complexity index is 1400. The summed E-state index contributed by atoms with van der Waals surface area (Å²) >= 11 is 4.96. The van der Waals surface area contributed by atoms with Gasteiger partial charge in [0.1, 0.15) is 12.6 Å². The molecule has 0 fully saturated rings. The van der Waals surface area contributed by atoms with E-state index in [1.54, 1.807) is 10.7 Å². The number of benzene rings is 1. The van der Waals surface area contributed by atoms with Crippen molar-refractivity contribution in [2.45, 2.75) is 50.5 Å². The SMILES string of the molecule is CSc1nc(NCc2nc3c(CCNC(=O)O)cccc3n2COCC[Si](C)(C)C)n2ncc(Br)c2n1. The van der Waals surface area contributed by atoms with E-state index in [0.717, 1.165) is 32.9 Å². The number of imidazole rings is 1. The average molecular weight is 608 g/mol. The molecule has 4 rings (SSSR count). The molecule has 4 aromatic rings. The quantitative estimate of drug-likeness (QED) is 0.119. The maximum Gasteiger partial charge on any atom is 0.404 e. The lowest BCUT2D eigenvalue weighted by molar-refractivity contribution is 0.0880. The van der Waals surface area contributed by atoms with Gasteiger partial charge in [-0.2, -0.15) is 14.6 Å². The van der Waals surface area contributed by atoms with Gasteiger partial charge in [0.15, 0.2) is 10.8 Å².